The van der Waals surface area contributed by atoms with Crippen LogP contribution in [-0.4, -0.2) is 60.5 Å². The Hall–Kier alpha value is -2.20. The molecule has 3 atom stereocenters. The van der Waals surface area contributed by atoms with Crippen LogP contribution in [0.4, 0.5) is 0 Å². The molecule has 0 saturated carbocycles. The summed E-state index contributed by atoms with van der Waals surface area (Å²) < 4.78 is 0. The summed E-state index contributed by atoms with van der Waals surface area (Å²) >= 11 is 0. The highest BCUT2D eigenvalue weighted by Crippen LogP contribution is 2.05. The lowest BCUT2D eigenvalue weighted by atomic mass is 9.99. The van der Waals surface area contributed by atoms with Crippen molar-refractivity contribution < 1.29 is 24.3 Å². The molecule has 150 valence electrons. The van der Waals surface area contributed by atoms with E-state index in [1.807, 2.05) is 13.8 Å². The fourth-order valence-electron chi connectivity index (χ4n) is 2.09. The van der Waals surface area contributed by atoms with Crippen molar-refractivity contribution in [3.05, 3.63) is 0 Å². The summed E-state index contributed by atoms with van der Waals surface area (Å²) in [6, 6.07) is -1.61. The van der Waals surface area contributed by atoms with Crippen LogP contribution in [0.25, 0.3) is 0 Å². The fraction of sp³-hybridized carbons (Fsp3) is 0.750. The minimum absolute atomic E-state index is 0.0242. The molecule has 10 nitrogen and oxygen atoms in total. The second-order valence-electron chi connectivity index (χ2n) is 6.15. The Kier molecular flexibility index (Phi) is 12.0. The zero-order valence-corrected chi connectivity index (χ0v) is 15.4. The first-order valence-corrected chi connectivity index (χ1v) is 8.75. The van der Waals surface area contributed by atoms with Gasteiger partial charge in [-0.25, -0.2) is 0 Å². The quantitative estimate of drug-likeness (QED) is 0.208. The fourth-order valence-corrected chi connectivity index (χ4v) is 2.09. The van der Waals surface area contributed by atoms with Crippen molar-refractivity contribution in [2.75, 3.05) is 19.6 Å². The predicted molar refractivity (Wildman–Crippen MR) is 95.9 cm³/mol. The van der Waals surface area contributed by atoms with Crippen LogP contribution in [0.1, 0.15) is 39.5 Å². The number of nitrogens with one attached hydrogen (secondary N) is 3. The zero-order chi connectivity index (χ0) is 20.1. The monoisotopic (exact) mass is 373 g/mol. The number of hydrogen-bond acceptors (Lipinski definition) is 6. The highest BCUT2D eigenvalue weighted by atomic mass is 16.4. The molecule has 26 heavy (non-hydrogen) atoms. The molecule has 0 aliphatic rings. The smallest absolute Gasteiger partial charge is 0.322 e. The molecule has 0 aromatic carbocycles. The summed E-state index contributed by atoms with van der Waals surface area (Å²) in [6.07, 6.45) is 2.30. The summed E-state index contributed by atoms with van der Waals surface area (Å²) in [6.45, 7) is 3.34. The first-order valence-electron chi connectivity index (χ1n) is 8.75. The molecule has 0 aliphatic carbocycles. The second-order valence-corrected chi connectivity index (χ2v) is 6.15. The number of carbonyl (C=O) groups excluding carboxylic acids is 3. The molecule has 0 heterocycles. The molecule has 0 radical (unpaired) electrons. The Morgan fingerprint density at radius 1 is 1.04 bits per heavy atom. The van der Waals surface area contributed by atoms with Gasteiger partial charge < -0.3 is 32.5 Å². The van der Waals surface area contributed by atoms with Crippen molar-refractivity contribution in [2.24, 2.45) is 17.4 Å². The molecule has 0 bridgehead atoms. The van der Waals surface area contributed by atoms with E-state index in [1.54, 1.807) is 0 Å². The number of nitrogens with two attached hydrogens (primary N) is 2. The normalized spacial score (nSPS) is 14.0. The molecule has 3 unspecified atom stereocenters. The van der Waals surface area contributed by atoms with E-state index in [4.69, 9.17) is 16.6 Å². The molecule has 8 N–H and O–H groups in total. The van der Waals surface area contributed by atoms with Crippen LogP contribution in [0, 0.1) is 5.92 Å². The summed E-state index contributed by atoms with van der Waals surface area (Å²) in [5, 5.41) is 15.8. The largest absolute Gasteiger partial charge is 0.480 e. The first kappa shape index (κ1) is 23.8. The number of rotatable bonds is 13. The van der Waals surface area contributed by atoms with Crippen LogP contribution in [0.3, 0.4) is 0 Å². The number of hydrogen-bond donors (Lipinski definition) is 6. The first-order chi connectivity index (χ1) is 12.2. The molecule has 0 saturated heterocycles. The van der Waals surface area contributed by atoms with Gasteiger partial charge in [0.15, 0.2) is 0 Å². The Labute approximate surface area is 153 Å². The Balaban J connectivity index is 4.57. The summed E-state index contributed by atoms with van der Waals surface area (Å²) in [5.41, 5.74) is 11.2. The van der Waals surface area contributed by atoms with E-state index in [-0.39, 0.29) is 12.5 Å². The molecule has 0 aromatic rings. The lowest BCUT2D eigenvalue weighted by Crippen LogP contribution is -2.52. The van der Waals surface area contributed by atoms with E-state index in [0.717, 1.165) is 6.42 Å². The highest BCUT2D eigenvalue weighted by Gasteiger charge is 2.23. The zero-order valence-electron chi connectivity index (χ0n) is 15.4. The van der Waals surface area contributed by atoms with Gasteiger partial charge in [-0.3, -0.25) is 19.2 Å². The lowest BCUT2D eigenvalue weighted by molar-refractivity contribution is -0.138. The number of unbranched alkanes of at least 4 members (excludes halogenated alkanes) is 1. The maximum Gasteiger partial charge on any atom is 0.322 e. The van der Waals surface area contributed by atoms with Crippen LogP contribution in [0.5, 0.6) is 0 Å². The van der Waals surface area contributed by atoms with Crippen LogP contribution < -0.4 is 27.4 Å². The van der Waals surface area contributed by atoms with Gasteiger partial charge in [-0.2, -0.15) is 0 Å². The molecule has 0 rings (SSSR count). The van der Waals surface area contributed by atoms with Crippen LogP contribution in [-0.2, 0) is 19.2 Å². The lowest BCUT2D eigenvalue weighted by Gasteiger charge is -2.20. The van der Waals surface area contributed by atoms with E-state index in [0.29, 0.717) is 25.8 Å². The summed E-state index contributed by atoms with van der Waals surface area (Å²) in [4.78, 5) is 46.5. The molecule has 3 amide bonds. The third-order valence-corrected chi connectivity index (χ3v) is 4.00. The number of amides is 3. The molecular formula is C16H31N5O5. The Morgan fingerprint density at radius 2 is 1.65 bits per heavy atom. The highest BCUT2D eigenvalue weighted by molar-refractivity contribution is 5.91. The minimum Gasteiger partial charge on any atom is -0.480 e. The van der Waals surface area contributed by atoms with Crippen LogP contribution >= 0.6 is 0 Å². The number of carboxylic acids is 1. The van der Waals surface area contributed by atoms with E-state index in [9.17, 15) is 19.2 Å². The summed E-state index contributed by atoms with van der Waals surface area (Å²) in [5.74, 6) is -2.80. The van der Waals surface area contributed by atoms with Gasteiger partial charge in [0.2, 0.25) is 17.7 Å². The van der Waals surface area contributed by atoms with Crippen molar-refractivity contribution in [2.45, 2.75) is 51.6 Å². The van der Waals surface area contributed by atoms with E-state index in [1.165, 1.54) is 0 Å². The molecule has 0 aromatic heterocycles. The molecule has 0 aliphatic heterocycles. The van der Waals surface area contributed by atoms with Gasteiger partial charge >= 0.3 is 5.97 Å². The average molecular weight is 373 g/mol. The maximum absolute atomic E-state index is 12.0. The Bertz CT molecular complexity index is 486. The van der Waals surface area contributed by atoms with Gasteiger partial charge in [0, 0.05) is 0 Å². The second kappa shape index (κ2) is 13.1. The standard InChI is InChI=1S/C16H31N5O5/c1-3-10(2)14(18)16(26)19-8-12(22)21-11(6-4-5-7-17)15(25)20-9-13(23)24/h10-11,14H,3-9,17-18H2,1-2H3,(H,19,26)(H,20,25)(H,21,22)(H,23,24). The Morgan fingerprint density at radius 3 is 2.19 bits per heavy atom. The van der Waals surface area contributed by atoms with Gasteiger partial charge in [0.05, 0.1) is 12.6 Å². The maximum atomic E-state index is 12.0. The van der Waals surface area contributed by atoms with Gasteiger partial charge in [-0.15, -0.1) is 0 Å². The predicted octanol–water partition coefficient (Wildman–Crippen LogP) is -1.71. The van der Waals surface area contributed by atoms with Gasteiger partial charge in [0.1, 0.15) is 12.6 Å². The third-order valence-electron chi connectivity index (χ3n) is 4.00. The van der Waals surface area contributed by atoms with Crippen molar-refractivity contribution in [3.8, 4) is 0 Å². The molecule has 0 fully saturated rings. The topological polar surface area (TPSA) is 177 Å². The van der Waals surface area contributed by atoms with Crippen LogP contribution in [0.2, 0.25) is 0 Å². The van der Waals surface area contributed by atoms with Crippen molar-refractivity contribution in [3.63, 3.8) is 0 Å². The van der Waals surface area contributed by atoms with Gasteiger partial charge in [0.25, 0.3) is 0 Å². The van der Waals surface area contributed by atoms with Gasteiger partial charge in [-0.1, -0.05) is 20.3 Å². The van der Waals surface area contributed by atoms with Crippen molar-refractivity contribution in [1.29, 1.82) is 0 Å². The third kappa shape index (κ3) is 9.94. The molecule has 10 heteroatoms. The van der Waals surface area contributed by atoms with Crippen LogP contribution in [0.15, 0.2) is 0 Å². The van der Waals surface area contributed by atoms with E-state index < -0.39 is 42.3 Å². The number of aliphatic carboxylic acids is 1. The SMILES string of the molecule is CCC(C)C(N)C(=O)NCC(=O)NC(CCCCN)C(=O)NCC(=O)O. The van der Waals surface area contributed by atoms with E-state index in [2.05, 4.69) is 16.0 Å². The van der Waals surface area contributed by atoms with Crippen molar-refractivity contribution >= 4 is 23.7 Å². The molecule has 0 spiro atoms. The number of carbonyl (C=O) groups is 4. The summed E-state index contributed by atoms with van der Waals surface area (Å²) in [7, 11) is 0. The minimum atomic E-state index is -1.18. The van der Waals surface area contributed by atoms with Gasteiger partial charge in [-0.05, 0) is 31.7 Å². The molecular weight excluding hydrogens is 342 g/mol. The average Bonchev–Trinajstić information content (AvgIpc) is 2.61. The van der Waals surface area contributed by atoms with Crippen molar-refractivity contribution in [1.82, 2.24) is 16.0 Å². The van der Waals surface area contributed by atoms with E-state index >= 15 is 0 Å². The number of carboxylic acid groups (broad SMARTS) is 1.